The highest BCUT2D eigenvalue weighted by Crippen LogP contribution is 2.23. The van der Waals surface area contributed by atoms with Crippen molar-refractivity contribution in [2.75, 3.05) is 5.32 Å². The van der Waals surface area contributed by atoms with Gasteiger partial charge in [-0.2, -0.15) is 0 Å². The monoisotopic (exact) mass is 388 g/mol. The van der Waals surface area contributed by atoms with Gasteiger partial charge in [0.2, 0.25) is 0 Å². The number of amides is 1. The summed E-state index contributed by atoms with van der Waals surface area (Å²) in [6.45, 7) is 0. The summed E-state index contributed by atoms with van der Waals surface area (Å²) in [6.07, 6.45) is 0. The number of nitrogens with zero attached hydrogens (tertiary/aromatic N) is 1. The Labute approximate surface area is 138 Å². The molecule has 2 rings (SSSR count). The number of halogens is 3. The molecule has 108 valence electrons. The number of carboxylic acids is 1. The standard InChI is InChI=1S/C13H7BrCl2N2O3/c14-6-1-3-9(8(5-6)13(20)21)17-12(19)7-2-4-10(15)18-11(7)16/h1-5H,(H,17,19)(H,20,21). The van der Waals surface area contributed by atoms with E-state index in [9.17, 15) is 9.59 Å². The van der Waals surface area contributed by atoms with Crippen molar-refractivity contribution in [3.63, 3.8) is 0 Å². The number of nitrogens with one attached hydrogen (secondary N) is 1. The maximum absolute atomic E-state index is 12.1. The molecule has 1 aromatic heterocycles. The van der Waals surface area contributed by atoms with Crippen LogP contribution in [0.25, 0.3) is 0 Å². The highest BCUT2D eigenvalue weighted by molar-refractivity contribution is 9.10. The molecule has 8 heteroatoms. The molecule has 1 heterocycles. The summed E-state index contributed by atoms with van der Waals surface area (Å²) in [4.78, 5) is 27.1. The topological polar surface area (TPSA) is 79.3 Å². The minimum atomic E-state index is -1.16. The maximum Gasteiger partial charge on any atom is 0.337 e. The van der Waals surface area contributed by atoms with Gasteiger partial charge in [-0.3, -0.25) is 4.79 Å². The molecule has 0 aliphatic rings. The fraction of sp³-hybridized carbons (Fsp3) is 0. The Morgan fingerprint density at radius 3 is 2.48 bits per heavy atom. The normalized spacial score (nSPS) is 10.2. The van der Waals surface area contributed by atoms with Crippen molar-refractivity contribution in [1.82, 2.24) is 4.98 Å². The van der Waals surface area contributed by atoms with E-state index < -0.39 is 11.9 Å². The van der Waals surface area contributed by atoms with E-state index in [1.54, 1.807) is 6.07 Å². The number of hydrogen-bond acceptors (Lipinski definition) is 3. The average molecular weight is 390 g/mol. The van der Waals surface area contributed by atoms with Gasteiger partial charge >= 0.3 is 5.97 Å². The average Bonchev–Trinajstić information content (AvgIpc) is 2.40. The fourth-order valence-electron chi connectivity index (χ4n) is 1.57. The Morgan fingerprint density at radius 1 is 1.14 bits per heavy atom. The molecule has 0 aliphatic heterocycles. The number of aromatic nitrogens is 1. The van der Waals surface area contributed by atoms with Crippen LogP contribution in [0.2, 0.25) is 10.3 Å². The molecule has 0 fully saturated rings. The van der Waals surface area contributed by atoms with Gasteiger partial charge in [-0.15, -0.1) is 0 Å². The zero-order valence-electron chi connectivity index (χ0n) is 10.2. The predicted octanol–water partition coefficient (Wildman–Crippen LogP) is 4.10. The molecule has 21 heavy (non-hydrogen) atoms. The van der Waals surface area contributed by atoms with E-state index in [-0.39, 0.29) is 27.1 Å². The summed E-state index contributed by atoms with van der Waals surface area (Å²) in [7, 11) is 0. The lowest BCUT2D eigenvalue weighted by atomic mass is 10.1. The lowest BCUT2D eigenvalue weighted by Crippen LogP contribution is -2.15. The second-order valence-electron chi connectivity index (χ2n) is 3.92. The van der Waals surface area contributed by atoms with Crippen molar-refractivity contribution >= 4 is 56.7 Å². The molecule has 0 atom stereocenters. The van der Waals surface area contributed by atoms with Gasteiger partial charge in [0.15, 0.2) is 0 Å². The van der Waals surface area contributed by atoms with Gasteiger partial charge in [-0.1, -0.05) is 39.1 Å². The molecule has 0 unspecified atom stereocenters. The fourth-order valence-corrected chi connectivity index (χ4v) is 2.37. The van der Waals surface area contributed by atoms with Crippen LogP contribution in [0.15, 0.2) is 34.8 Å². The van der Waals surface area contributed by atoms with Crippen molar-refractivity contribution in [2.45, 2.75) is 0 Å². The first-order chi connectivity index (χ1) is 9.88. The Hall–Kier alpha value is -1.63. The van der Waals surface area contributed by atoms with Crippen LogP contribution >= 0.6 is 39.1 Å². The molecule has 0 radical (unpaired) electrons. The molecule has 0 aliphatic carbocycles. The molecule has 2 aromatic rings. The molecular weight excluding hydrogens is 383 g/mol. The largest absolute Gasteiger partial charge is 0.478 e. The molecule has 1 amide bonds. The van der Waals surface area contributed by atoms with Gasteiger partial charge < -0.3 is 10.4 Å². The van der Waals surface area contributed by atoms with E-state index in [1.165, 1.54) is 24.3 Å². The Kier molecular flexibility index (Phi) is 4.82. The van der Waals surface area contributed by atoms with Gasteiger partial charge in [0.05, 0.1) is 16.8 Å². The van der Waals surface area contributed by atoms with E-state index in [4.69, 9.17) is 28.3 Å². The molecule has 1 aromatic carbocycles. The minimum absolute atomic E-state index is 0.0456. The number of rotatable bonds is 3. The van der Waals surface area contributed by atoms with Crippen molar-refractivity contribution in [2.24, 2.45) is 0 Å². The predicted molar refractivity (Wildman–Crippen MR) is 83.3 cm³/mol. The van der Waals surface area contributed by atoms with Crippen molar-refractivity contribution < 1.29 is 14.7 Å². The first-order valence-corrected chi connectivity index (χ1v) is 7.09. The van der Waals surface area contributed by atoms with Crippen molar-refractivity contribution in [1.29, 1.82) is 0 Å². The summed E-state index contributed by atoms with van der Waals surface area (Å²) in [5.41, 5.74) is 0.206. The van der Waals surface area contributed by atoms with Crippen LogP contribution in [0.5, 0.6) is 0 Å². The Morgan fingerprint density at radius 2 is 1.86 bits per heavy atom. The summed E-state index contributed by atoms with van der Waals surface area (Å²) in [5, 5.41) is 11.7. The van der Waals surface area contributed by atoms with Gasteiger partial charge in [-0.25, -0.2) is 9.78 Å². The third-order valence-electron chi connectivity index (χ3n) is 2.52. The van der Waals surface area contributed by atoms with Crippen LogP contribution in [0.1, 0.15) is 20.7 Å². The van der Waals surface area contributed by atoms with Crippen molar-refractivity contribution in [3.8, 4) is 0 Å². The smallest absolute Gasteiger partial charge is 0.337 e. The van der Waals surface area contributed by atoms with E-state index in [0.29, 0.717) is 4.47 Å². The van der Waals surface area contributed by atoms with Gasteiger partial charge in [0.25, 0.3) is 5.91 Å². The molecule has 0 spiro atoms. The lowest BCUT2D eigenvalue weighted by molar-refractivity contribution is 0.0698. The summed E-state index contributed by atoms with van der Waals surface area (Å²) >= 11 is 14.7. The SMILES string of the molecule is O=C(O)c1cc(Br)ccc1NC(=O)c1ccc(Cl)nc1Cl. The number of benzene rings is 1. The molecule has 0 saturated heterocycles. The molecule has 5 nitrogen and oxygen atoms in total. The van der Waals surface area contributed by atoms with Crippen LogP contribution in [0.4, 0.5) is 5.69 Å². The second-order valence-corrected chi connectivity index (χ2v) is 5.58. The molecule has 0 bridgehead atoms. The maximum atomic E-state index is 12.1. The number of pyridine rings is 1. The first kappa shape index (κ1) is 15.8. The van der Waals surface area contributed by atoms with Gasteiger partial charge in [0.1, 0.15) is 10.3 Å². The number of carbonyl (C=O) groups excluding carboxylic acids is 1. The third kappa shape index (κ3) is 3.72. The van der Waals surface area contributed by atoms with E-state index >= 15 is 0 Å². The number of aromatic carboxylic acids is 1. The lowest BCUT2D eigenvalue weighted by Gasteiger charge is -2.09. The quantitative estimate of drug-likeness (QED) is 0.774. The summed E-state index contributed by atoms with van der Waals surface area (Å²) in [5.74, 6) is -1.74. The van der Waals surface area contributed by atoms with E-state index in [2.05, 4.69) is 26.2 Å². The minimum Gasteiger partial charge on any atom is -0.478 e. The van der Waals surface area contributed by atoms with Crippen LogP contribution in [0, 0.1) is 0 Å². The number of hydrogen-bond donors (Lipinski definition) is 2. The highest BCUT2D eigenvalue weighted by atomic mass is 79.9. The van der Waals surface area contributed by atoms with E-state index in [1.807, 2.05) is 0 Å². The van der Waals surface area contributed by atoms with Crippen LogP contribution < -0.4 is 5.32 Å². The zero-order valence-corrected chi connectivity index (χ0v) is 13.3. The van der Waals surface area contributed by atoms with Crippen LogP contribution in [-0.4, -0.2) is 22.0 Å². The number of carboxylic acid groups (broad SMARTS) is 1. The molecular formula is C13H7BrCl2N2O3. The third-order valence-corrected chi connectivity index (χ3v) is 3.51. The summed E-state index contributed by atoms with van der Waals surface area (Å²) < 4.78 is 0.587. The summed E-state index contributed by atoms with van der Waals surface area (Å²) in [6, 6.07) is 7.31. The molecule has 2 N–H and O–H groups in total. The first-order valence-electron chi connectivity index (χ1n) is 5.54. The zero-order chi connectivity index (χ0) is 15.6. The second kappa shape index (κ2) is 6.43. The number of anilines is 1. The Bertz CT molecular complexity index is 737. The van der Waals surface area contributed by atoms with Gasteiger partial charge in [-0.05, 0) is 30.3 Å². The van der Waals surface area contributed by atoms with Crippen LogP contribution in [0.3, 0.4) is 0 Å². The van der Waals surface area contributed by atoms with Crippen LogP contribution in [-0.2, 0) is 0 Å². The Balaban J connectivity index is 2.34. The van der Waals surface area contributed by atoms with E-state index in [0.717, 1.165) is 0 Å². The van der Waals surface area contributed by atoms with Gasteiger partial charge in [0, 0.05) is 4.47 Å². The van der Waals surface area contributed by atoms with Crippen molar-refractivity contribution in [3.05, 3.63) is 56.2 Å². The highest BCUT2D eigenvalue weighted by Gasteiger charge is 2.16. The number of carbonyl (C=O) groups is 2. The molecule has 0 saturated carbocycles.